The van der Waals surface area contributed by atoms with Crippen LogP contribution in [-0.2, 0) is 28.6 Å². The zero-order chi connectivity index (χ0) is 50.7. The molecule has 0 N–H and O–H groups in total. The molecule has 0 bridgehead atoms. The van der Waals surface area contributed by atoms with Crippen molar-refractivity contribution < 1.29 is 28.6 Å². The molecule has 0 spiro atoms. The molecule has 0 radical (unpaired) electrons. The van der Waals surface area contributed by atoms with Gasteiger partial charge in [0.25, 0.3) is 0 Å². The van der Waals surface area contributed by atoms with Gasteiger partial charge in [0.1, 0.15) is 13.2 Å². The Bertz CT molecular complexity index is 1580. The minimum atomic E-state index is -0.854. The molecule has 0 saturated carbocycles. The van der Waals surface area contributed by atoms with Crippen molar-refractivity contribution in [2.75, 3.05) is 13.2 Å². The predicted octanol–water partition coefficient (Wildman–Crippen LogP) is 18.8. The third-order valence-electron chi connectivity index (χ3n) is 11.1. The zero-order valence-electron chi connectivity index (χ0n) is 44.7. The van der Waals surface area contributed by atoms with Crippen LogP contribution in [0, 0.1) is 0 Å². The third kappa shape index (κ3) is 54.2. The van der Waals surface area contributed by atoms with Crippen molar-refractivity contribution in [3.05, 3.63) is 146 Å². The van der Waals surface area contributed by atoms with Crippen LogP contribution < -0.4 is 0 Å². The van der Waals surface area contributed by atoms with Gasteiger partial charge in [0.15, 0.2) is 6.10 Å². The molecular weight excluding hydrogens is 865 g/mol. The molecule has 6 nitrogen and oxygen atoms in total. The van der Waals surface area contributed by atoms with Crippen molar-refractivity contribution in [1.82, 2.24) is 0 Å². The van der Waals surface area contributed by atoms with E-state index in [0.717, 1.165) is 96.3 Å². The number of carbonyl (C=O) groups is 3. The first-order valence-corrected chi connectivity index (χ1v) is 27.8. The summed E-state index contributed by atoms with van der Waals surface area (Å²) >= 11 is 0. The Balaban J connectivity index is 4.64. The zero-order valence-corrected chi connectivity index (χ0v) is 44.7. The Labute approximate surface area is 429 Å². The molecule has 0 aromatic carbocycles. The summed E-state index contributed by atoms with van der Waals surface area (Å²) in [6, 6.07) is 0. The maximum absolute atomic E-state index is 12.8. The predicted molar refractivity (Wildman–Crippen MR) is 302 cm³/mol. The maximum atomic E-state index is 12.8. The Morgan fingerprint density at radius 3 is 0.871 bits per heavy atom. The highest BCUT2D eigenvalue weighted by Crippen LogP contribution is 2.14. The van der Waals surface area contributed by atoms with Crippen LogP contribution in [0.3, 0.4) is 0 Å². The van der Waals surface area contributed by atoms with Gasteiger partial charge in [0, 0.05) is 19.3 Å². The summed E-state index contributed by atoms with van der Waals surface area (Å²) in [5.74, 6) is -1.11. The van der Waals surface area contributed by atoms with E-state index in [-0.39, 0.29) is 38.0 Å². The summed E-state index contributed by atoms with van der Waals surface area (Å²) in [4.78, 5) is 38.1. The normalized spacial score (nSPS) is 13.2. The van der Waals surface area contributed by atoms with Crippen molar-refractivity contribution in [3.63, 3.8) is 0 Å². The average molecular weight is 965 g/mol. The first-order valence-electron chi connectivity index (χ1n) is 27.8. The topological polar surface area (TPSA) is 78.9 Å². The van der Waals surface area contributed by atoms with Crippen LogP contribution in [0.2, 0.25) is 0 Å². The quantitative estimate of drug-likeness (QED) is 0.0262. The lowest BCUT2D eigenvalue weighted by molar-refractivity contribution is -0.166. The summed E-state index contributed by atoms with van der Waals surface area (Å²) in [5, 5.41) is 0. The van der Waals surface area contributed by atoms with E-state index in [0.29, 0.717) is 19.3 Å². The average Bonchev–Trinajstić information content (AvgIpc) is 3.36. The van der Waals surface area contributed by atoms with E-state index in [2.05, 4.69) is 142 Å². The number of carbonyl (C=O) groups excluding carboxylic acids is 3. The summed E-state index contributed by atoms with van der Waals surface area (Å²) in [6.45, 7) is 6.27. The lowest BCUT2D eigenvalue weighted by Crippen LogP contribution is -2.30. The molecule has 0 aliphatic carbocycles. The van der Waals surface area contributed by atoms with Crippen LogP contribution in [0.5, 0.6) is 0 Å². The molecule has 0 aliphatic rings. The van der Waals surface area contributed by atoms with Gasteiger partial charge in [0.05, 0.1) is 0 Å². The molecule has 0 aromatic heterocycles. The lowest BCUT2D eigenvalue weighted by atomic mass is 10.0. The molecular formula is C64H100O6. The minimum Gasteiger partial charge on any atom is -0.462 e. The summed E-state index contributed by atoms with van der Waals surface area (Å²) in [6.07, 6.45) is 81.4. The summed E-state index contributed by atoms with van der Waals surface area (Å²) < 4.78 is 16.7. The van der Waals surface area contributed by atoms with Gasteiger partial charge in [-0.25, -0.2) is 0 Å². The first-order chi connectivity index (χ1) is 34.5. The van der Waals surface area contributed by atoms with Crippen LogP contribution in [-0.4, -0.2) is 37.2 Å². The number of ether oxygens (including phenoxy) is 3. The Hall–Kier alpha value is -4.71. The summed E-state index contributed by atoms with van der Waals surface area (Å²) in [5.41, 5.74) is 0. The SMILES string of the molecule is CC/C=C\C/C=C\C/C=C\C/C=C\C/C=C\C/C=C\CCC(=O)OCC(COC(=O)CCCCCCCCCCCCCCCC)OC(=O)CC/C=C\C/C=C\C/C=C\C/C=C\C/C=C\C/C=C\CC. The second-order valence-corrected chi connectivity index (χ2v) is 17.7. The van der Waals surface area contributed by atoms with Crippen LogP contribution in [0.4, 0.5) is 0 Å². The maximum Gasteiger partial charge on any atom is 0.306 e. The third-order valence-corrected chi connectivity index (χ3v) is 11.1. The molecule has 0 aliphatic heterocycles. The van der Waals surface area contributed by atoms with Gasteiger partial charge >= 0.3 is 17.9 Å². The molecule has 0 rings (SSSR count). The molecule has 1 atom stereocenters. The molecule has 70 heavy (non-hydrogen) atoms. The number of unbranched alkanes of at least 4 members (excludes halogenated alkanes) is 13. The first kappa shape index (κ1) is 65.3. The highest BCUT2D eigenvalue weighted by molar-refractivity contribution is 5.71. The van der Waals surface area contributed by atoms with E-state index in [1.807, 2.05) is 24.3 Å². The van der Waals surface area contributed by atoms with Crippen molar-refractivity contribution in [1.29, 1.82) is 0 Å². The van der Waals surface area contributed by atoms with Gasteiger partial charge in [-0.05, 0) is 96.3 Å². The van der Waals surface area contributed by atoms with E-state index in [9.17, 15) is 14.4 Å². The molecule has 1 unspecified atom stereocenters. The number of esters is 3. The van der Waals surface area contributed by atoms with E-state index in [1.165, 1.54) is 70.6 Å². The van der Waals surface area contributed by atoms with Crippen molar-refractivity contribution in [2.24, 2.45) is 0 Å². The van der Waals surface area contributed by atoms with Crippen LogP contribution in [0.1, 0.15) is 220 Å². The molecule has 0 amide bonds. The van der Waals surface area contributed by atoms with Gasteiger partial charge < -0.3 is 14.2 Å². The standard InChI is InChI=1S/C64H100O6/c1-4-7-10-13-16-19-22-25-28-30-32-34-36-39-42-45-48-51-54-57-63(66)69-60-61(59-68-62(65)56-53-50-47-44-41-38-27-24-21-18-15-12-9-6-3)70-64(67)58-55-52-49-46-43-40-37-35-33-31-29-26-23-20-17-14-11-8-5-2/h7-8,10-11,16-17,19-20,25-26,28-29,32-35,39-40,42-43,48-49,51-52,61H,4-6,9,12-15,18,21-24,27,30-31,36-38,41,44-47,50,53-60H2,1-3H3/b10-7-,11-8-,19-16-,20-17-,28-25-,29-26-,34-32-,35-33-,42-39-,43-40-,51-48-,52-49-. The second-order valence-electron chi connectivity index (χ2n) is 17.7. The fourth-order valence-corrected chi connectivity index (χ4v) is 7.02. The Morgan fingerprint density at radius 2 is 0.557 bits per heavy atom. The Morgan fingerprint density at radius 1 is 0.300 bits per heavy atom. The van der Waals surface area contributed by atoms with Gasteiger partial charge in [0.2, 0.25) is 0 Å². The largest absolute Gasteiger partial charge is 0.462 e. The number of rotatable bonds is 48. The van der Waals surface area contributed by atoms with Crippen LogP contribution >= 0.6 is 0 Å². The van der Waals surface area contributed by atoms with Crippen LogP contribution in [0.25, 0.3) is 0 Å². The molecule has 392 valence electrons. The number of allylic oxidation sites excluding steroid dienone is 24. The number of hydrogen-bond acceptors (Lipinski definition) is 6. The molecule has 0 heterocycles. The van der Waals surface area contributed by atoms with Gasteiger partial charge in [-0.2, -0.15) is 0 Å². The highest BCUT2D eigenvalue weighted by Gasteiger charge is 2.19. The summed E-state index contributed by atoms with van der Waals surface area (Å²) in [7, 11) is 0. The number of hydrogen-bond donors (Lipinski definition) is 0. The lowest BCUT2D eigenvalue weighted by Gasteiger charge is -2.18. The van der Waals surface area contributed by atoms with E-state index in [1.54, 1.807) is 0 Å². The van der Waals surface area contributed by atoms with E-state index in [4.69, 9.17) is 14.2 Å². The van der Waals surface area contributed by atoms with Gasteiger partial charge in [-0.3, -0.25) is 14.4 Å². The van der Waals surface area contributed by atoms with Gasteiger partial charge in [-0.1, -0.05) is 250 Å². The fourth-order valence-electron chi connectivity index (χ4n) is 7.02. The Kier molecular flexibility index (Phi) is 53.0. The molecule has 0 aromatic rings. The smallest absolute Gasteiger partial charge is 0.306 e. The second kappa shape index (κ2) is 56.9. The highest BCUT2D eigenvalue weighted by atomic mass is 16.6. The van der Waals surface area contributed by atoms with Crippen LogP contribution in [0.15, 0.2) is 146 Å². The molecule has 0 fully saturated rings. The van der Waals surface area contributed by atoms with Crippen molar-refractivity contribution >= 4 is 17.9 Å². The fraction of sp³-hybridized carbons (Fsp3) is 0.578. The van der Waals surface area contributed by atoms with Crippen molar-refractivity contribution in [3.8, 4) is 0 Å². The monoisotopic (exact) mass is 965 g/mol. The molecule has 6 heteroatoms. The van der Waals surface area contributed by atoms with E-state index >= 15 is 0 Å². The minimum absolute atomic E-state index is 0.135. The molecule has 0 saturated heterocycles. The van der Waals surface area contributed by atoms with E-state index < -0.39 is 12.1 Å². The van der Waals surface area contributed by atoms with Crippen molar-refractivity contribution in [2.45, 2.75) is 226 Å². The van der Waals surface area contributed by atoms with Gasteiger partial charge in [-0.15, -0.1) is 0 Å².